The zero-order valence-corrected chi connectivity index (χ0v) is 10.5. The standard InChI is InChI=1S/C13H11BrO2/c1-2-16-13(15)12(14)10-6-9-11-7-4-3-5-8-11/h3-5,7-8,10H,2H2,1H3/b12-10+. The maximum atomic E-state index is 11.2. The van der Waals surface area contributed by atoms with E-state index in [0.29, 0.717) is 11.1 Å². The summed E-state index contributed by atoms with van der Waals surface area (Å²) in [5, 5.41) is 0. The van der Waals surface area contributed by atoms with Crippen LogP contribution < -0.4 is 0 Å². The van der Waals surface area contributed by atoms with Gasteiger partial charge in [-0.25, -0.2) is 4.79 Å². The minimum absolute atomic E-state index is 0.331. The molecule has 0 radical (unpaired) electrons. The van der Waals surface area contributed by atoms with Gasteiger partial charge in [0.1, 0.15) is 4.48 Å². The van der Waals surface area contributed by atoms with Gasteiger partial charge in [-0.15, -0.1) is 0 Å². The molecule has 0 N–H and O–H groups in total. The topological polar surface area (TPSA) is 26.3 Å². The highest BCUT2D eigenvalue weighted by Gasteiger charge is 2.04. The Morgan fingerprint density at radius 1 is 1.44 bits per heavy atom. The van der Waals surface area contributed by atoms with E-state index in [1.54, 1.807) is 6.92 Å². The molecule has 82 valence electrons. The van der Waals surface area contributed by atoms with Crippen LogP contribution in [-0.2, 0) is 9.53 Å². The molecule has 0 fully saturated rings. The Morgan fingerprint density at radius 3 is 2.75 bits per heavy atom. The number of hydrogen-bond acceptors (Lipinski definition) is 2. The molecule has 0 aliphatic carbocycles. The Labute approximate surface area is 103 Å². The van der Waals surface area contributed by atoms with Gasteiger partial charge in [0.05, 0.1) is 6.61 Å². The quantitative estimate of drug-likeness (QED) is 0.472. The average molecular weight is 279 g/mol. The van der Waals surface area contributed by atoms with Gasteiger partial charge < -0.3 is 4.74 Å². The summed E-state index contributed by atoms with van der Waals surface area (Å²) in [6.45, 7) is 2.11. The van der Waals surface area contributed by atoms with Gasteiger partial charge in [-0.2, -0.15) is 0 Å². The van der Waals surface area contributed by atoms with E-state index in [0.717, 1.165) is 5.56 Å². The van der Waals surface area contributed by atoms with Crippen molar-refractivity contribution in [1.29, 1.82) is 0 Å². The molecule has 0 heterocycles. The summed E-state index contributed by atoms with van der Waals surface area (Å²) >= 11 is 3.10. The van der Waals surface area contributed by atoms with Crippen LogP contribution in [0.25, 0.3) is 0 Å². The zero-order chi connectivity index (χ0) is 11.8. The molecule has 0 aliphatic heterocycles. The van der Waals surface area contributed by atoms with Gasteiger partial charge in [0, 0.05) is 11.6 Å². The molecule has 0 spiro atoms. The fourth-order valence-electron chi connectivity index (χ4n) is 0.963. The van der Waals surface area contributed by atoms with Crippen LogP contribution in [0.15, 0.2) is 40.9 Å². The molecule has 1 rings (SSSR count). The third kappa shape index (κ3) is 4.33. The highest BCUT2D eigenvalue weighted by atomic mass is 79.9. The Bertz CT molecular complexity index is 438. The predicted octanol–water partition coefficient (Wildman–Crippen LogP) is 2.88. The third-order valence-electron chi connectivity index (χ3n) is 1.66. The summed E-state index contributed by atoms with van der Waals surface area (Å²) in [5.74, 6) is 5.29. The Balaban J connectivity index is 2.66. The van der Waals surface area contributed by atoms with Crippen molar-refractivity contribution in [1.82, 2.24) is 0 Å². The van der Waals surface area contributed by atoms with Crippen molar-refractivity contribution in [3.63, 3.8) is 0 Å². The summed E-state index contributed by atoms with van der Waals surface area (Å²) in [4.78, 5) is 11.2. The largest absolute Gasteiger partial charge is 0.462 e. The van der Waals surface area contributed by atoms with E-state index in [4.69, 9.17) is 4.74 Å². The van der Waals surface area contributed by atoms with Crippen LogP contribution >= 0.6 is 15.9 Å². The first kappa shape index (κ1) is 12.5. The summed E-state index contributed by atoms with van der Waals surface area (Å²) in [6.07, 6.45) is 1.49. The van der Waals surface area contributed by atoms with Gasteiger partial charge in [-0.3, -0.25) is 0 Å². The van der Waals surface area contributed by atoms with E-state index in [9.17, 15) is 4.79 Å². The van der Waals surface area contributed by atoms with Crippen LogP contribution in [0.3, 0.4) is 0 Å². The average Bonchev–Trinajstić information content (AvgIpc) is 2.30. The molecule has 2 nitrogen and oxygen atoms in total. The van der Waals surface area contributed by atoms with E-state index < -0.39 is 5.97 Å². The van der Waals surface area contributed by atoms with Crippen molar-refractivity contribution in [2.45, 2.75) is 6.92 Å². The van der Waals surface area contributed by atoms with Crippen LogP contribution in [-0.4, -0.2) is 12.6 Å². The summed E-state index contributed by atoms with van der Waals surface area (Å²) < 4.78 is 5.12. The molecule has 0 amide bonds. The Hall–Kier alpha value is -1.53. The minimum atomic E-state index is -0.398. The molecule has 0 saturated heterocycles. The van der Waals surface area contributed by atoms with E-state index in [1.807, 2.05) is 30.3 Å². The van der Waals surface area contributed by atoms with Crippen molar-refractivity contribution in [2.24, 2.45) is 0 Å². The normalized spacial score (nSPS) is 10.2. The van der Waals surface area contributed by atoms with Gasteiger partial charge in [0.15, 0.2) is 0 Å². The summed E-state index contributed by atoms with van der Waals surface area (Å²) in [7, 11) is 0. The number of carbonyl (C=O) groups excluding carboxylic acids is 1. The molecule has 0 aliphatic rings. The smallest absolute Gasteiger partial charge is 0.345 e. The van der Waals surface area contributed by atoms with Gasteiger partial charge in [-0.1, -0.05) is 30.0 Å². The monoisotopic (exact) mass is 278 g/mol. The first-order valence-electron chi connectivity index (χ1n) is 4.83. The van der Waals surface area contributed by atoms with Gasteiger partial charge >= 0.3 is 5.97 Å². The molecule has 0 atom stereocenters. The fourth-order valence-corrected chi connectivity index (χ4v) is 1.19. The highest BCUT2D eigenvalue weighted by molar-refractivity contribution is 9.12. The fraction of sp³-hybridized carbons (Fsp3) is 0.154. The molecular weight excluding hydrogens is 268 g/mol. The van der Waals surface area contributed by atoms with E-state index in [2.05, 4.69) is 27.8 Å². The second-order valence-corrected chi connectivity index (χ2v) is 3.70. The first-order chi connectivity index (χ1) is 7.74. The summed E-state index contributed by atoms with van der Waals surface area (Å²) in [6, 6.07) is 9.55. The molecule has 3 heteroatoms. The molecule has 0 unspecified atom stereocenters. The second-order valence-electron chi connectivity index (χ2n) is 2.85. The highest BCUT2D eigenvalue weighted by Crippen LogP contribution is 2.06. The lowest BCUT2D eigenvalue weighted by molar-refractivity contribution is -0.137. The van der Waals surface area contributed by atoms with Gasteiger partial charge in [0.25, 0.3) is 0 Å². The third-order valence-corrected chi connectivity index (χ3v) is 2.21. The van der Waals surface area contributed by atoms with Crippen LogP contribution in [0.1, 0.15) is 12.5 Å². The molecule has 1 aromatic rings. The number of carbonyl (C=O) groups is 1. The maximum absolute atomic E-state index is 11.2. The zero-order valence-electron chi connectivity index (χ0n) is 8.87. The van der Waals surface area contributed by atoms with Crippen molar-refractivity contribution >= 4 is 21.9 Å². The molecule has 16 heavy (non-hydrogen) atoms. The van der Waals surface area contributed by atoms with Crippen LogP contribution in [0.2, 0.25) is 0 Å². The predicted molar refractivity (Wildman–Crippen MR) is 67.0 cm³/mol. The van der Waals surface area contributed by atoms with Crippen LogP contribution in [0.4, 0.5) is 0 Å². The van der Waals surface area contributed by atoms with E-state index in [-0.39, 0.29) is 0 Å². The molecule has 0 bridgehead atoms. The molecule has 1 aromatic carbocycles. The SMILES string of the molecule is CCOC(=O)/C(Br)=C\C#Cc1ccccc1. The lowest BCUT2D eigenvalue weighted by Gasteiger charge is -1.96. The number of allylic oxidation sites excluding steroid dienone is 1. The van der Waals surface area contributed by atoms with E-state index in [1.165, 1.54) is 6.08 Å². The first-order valence-corrected chi connectivity index (χ1v) is 5.62. The van der Waals surface area contributed by atoms with Gasteiger partial charge in [0.2, 0.25) is 0 Å². The van der Waals surface area contributed by atoms with Crippen molar-refractivity contribution in [3.8, 4) is 11.8 Å². The van der Waals surface area contributed by atoms with Crippen molar-refractivity contribution in [3.05, 3.63) is 46.5 Å². The number of halogens is 1. The van der Waals surface area contributed by atoms with E-state index >= 15 is 0 Å². The lowest BCUT2D eigenvalue weighted by Crippen LogP contribution is -2.02. The van der Waals surface area contributed by atoms with Crippen LogP contribution in [0.5, 0.6) is 0 Å². The minimum Gasteiger partial charge on any atom is -0.462 e. The number of rotatable bonds is 2. The molecular formula is C13H11BrO2. The number of esters is 1. The van der Waals surface area contributed by atoms with Crippen molar-refractivity contribution in [2.75, 3.05) is 6.61 Å². The Morgan fingerprint density at radius 2 is 2.12 bits per heavy atom. The maximum Gasteiger partial charge on any atom is 0.345 e. The molecule has 0 aromatic heterocycles. The Kier molecular flexibility index (Phi) is 5.38. The van der Waals surface area contributed by atoms with Gasteiger partial charge in [-0.05, 0) is 35.0 Å². The summed E-state index contributed by atoms with van der Waals surface area (Å²) in [5.41, 5.74) is 0.905. The van der Waals surface area contributed by atoms with Crippen LogP contribution in [0, 0.1) is 11.8 Å². The molecule has 0 saturated carbocycles. The number of ether oxygens (including phenoxy) is 1. The lowest BCUT2D eigenvalue weighted by atomic mass is 10.2. The number of hydrogen-bond donors (Lipinski definition) is 0. The number of benzene rings is 1. The second kappa shape index (κ2) is 6.86. The van der Waals surface area contributed by atoms with Crippen molar-refractivity contribution < 1.29 is 9.53 Å².